The fraction of sp³-hybridized carbons (Fsp3) is 0.526. The molecule has 2 N–H and O–H groups in total. The van der Waals surface area contributed by atoms with E-state index in [1.807, 2.05) is 30.8 Å². The lowest BCUT2D eigenvalue weighted by atomic mass is 10.1. The number of nitrogens with zero attached hydrogens (tertiary/aromatic N) is 4. The Balaban J connectivity index is 1.91. The van der Waals surface area contributed by atoms with Crippen molar-refractivity contribution < 1.29 is 4.74 Å². The van der Waals surface area contributed by atoms with Crippen LogP contribution in [-0.4, -0.2) is 40.4 Å². The van der Waals surface area contributed by atoms with Crippen LogP contribution in [0.5, 0.6) is 5.88 Å². The summed E-state index contributed by atoms with van der Waals surface area (Å²) in [6, 6.07) is 4.14. The molecule has 0 aliphatic carbocycles. The molecule has 142 valence electrons. The highest BCUT2D eigenvalue weighted by Crippen LogP contribution is 2.14. The molecule has 0 aliphatic heterocycles. The maximum absolute atomic E-state index is 5.44. The van der Waals surface area contributed by atoms with Crippen LogP contribution in [0.1, 0.15) is 36.4 Å². The lowest BCUT2D eigenvalue weighted by Crippen LogP contribution is -2.42. The van der Waals surface area contributed by atoms with Crippen LogP contribution in [0.2, 0.25) is 0 Å². The first-order valence-corrected chi connectivity index (χ1v) is 8.98. The third kappa shape index (κ3) is 5.21. The molecule has 0 fully saturated rings. The number of aryl methyl sites for hydroxylation is 2. The normalized spacial score (nSPS) is 12.8. The van der Waals surface area contributed by atoms with E-state index in [-0.39, 0.29) is 6.04 Å². The number of guanidine groups is 1. The van der Waals surface area contributed by atoms with Gasteiger partial charge in [0.05, 0.1) is 12.3 Å². The van der Waals surface area contributed by atoms with Gasteiger partial charge in [-0.25, -0.2) is 4.98 Å². The monoisotopic (exact) mass is 358 g/mol. The van der Waals surface area contributed by atoms with Gasteiger partial charge in [-0.3, -0.25) is 9.67 Å². The first-order valence-electron chi connectivity index (χ1n) is 8.98. The van der Waals surface area contributed by atoms with Gasteiger partial charge in [-0.1, -0.05) is 0 Å². The average molecular weight is 358 g/mol. The minimum absolute atomic E-state index is 0.235. The molecule has 7 nitrogen and oxygen atoms in total. The fourth-order valence-corrected chi connectivity index (χ4v) is 2.87. The summed E-state index contributed by atoms with van der Waals surface area (Å²) in [7, 11) is 3.76. The number of aromatic nitrogens is 3. The predicted molar refractivity (Wildman–Crippen MR) is 105 cm³/mol. The summed E-state index contributed by atoms with van der Waals surface area (Å²) in [6.45, 7) is 9.53. The number of aliphatic imine (C=N–C) groups is 1. The van der Waals surface area contributed by atoms with Crippen molar-refractivity contribution in [3.63, 3.8) is 0 Å². The lowest BCUT2D eigenvalue weighted by molar-refractivity contribution is 0.326. The summed E-state index contributed by atoms with van der Waals surface area (Å²) in [4.78, 5) is 8.51. The summed E-state index contributed by atoms with van der Waals surface area (Å²) in [5.74, 6) is 1.41. The third-order valence-electron chi connectivity index (χ3n) is 4.33. The van der Waals surface area contributed by atoms with Crippen molar-refractivity contribution in [3.05, 3.63) is 40.8 Å². The van der Waals surface area contributed by atoms with Gasteiger partial charge in [-0.05, 0) is 51.3 Å². The van der Waals surface area contributed by atoms with Crippen molar-refractivity contribution in [1.82, 2.24) is 25.4 Å². The molecule has 2 rings (SSSR count). The van der Waals surface area contributed by atoms with Gasteiger partial charge in [0.1, 0.15) is 0 Å². The molecule has 1 unspecified atom stereocenters. The fourth-order valence-electron chi connectivity index (χ4n) is 2.87. The van der Waals surface area contributed by atoms with Gasteiger partial charge < -0.3 is 15.4 Å². The minimum atomic E-state index is 0.235. The Kier molecular flexibility index (Phi) is 7.00. The van der Waals surface area contributed by atoms with Crippen molar-refractivity contribution >= 4 is 5.96 Å². The van der Waals surface area contributed by atoms with Crippen LogP contribution in [0.25, 0.3) is 0 Å². The van der Waals surface area contributed by atoms with Crippen LogP contribution in [0, 0.1) is 13.8 Å². The molecular formula is C19H30N6O. The average Bonchev–Trinajstić information content (AvgIpc) is 2.85. The summed E-state index contributed by atoms with van der Waals surface area (Å²) < 4.78 is 7.38. The first kappa shape index (κ1) is 19.8. The largest absolute Gasteiger partial charge is 0.478 e. The Morgan fingerprint density at radius 2 is 2.15 bits per heavy atom. The van der Waals surface area contributed by atoms with Gasteiger partial charge in [0.15, 0.2) is 5.96 Å². The number of rotatable bonds is 7. The molecule has 0 aliphatic rings. The first-order chi connectivity index (χ1) is 12.4. The zero-order valence-electron chi connectivity index (χ0n) is 16.6. The Labute approximate surface area is 155 Å². The molecule has 0 spiro atoms. The molecule has 0 saturated carbocycles. The van der Waals surface area contributed by atoms with Crippen molar-refractivity contribution in [3.8, 4) is 5.88 Å². The Bertz CT molecular complexity index is 752. The van der Waals surface area contributed by atoms with E-state index in [9.17, 15) is 0 Å². The van der Waals surface area contributed by atoms with Crippen LogP contribution in [-0.2, 0) is 20.0 Å². The second-order valence-electron chi connectivity index (χ2n) is 6.38. The van der Waals surface area contributed by atoms with Crippen molar-refractivity contribution in [2.24, 2.45) is 12.0 Å². The second-order valence-corrected chi connectivity index (χ2v) is 6.38. The van der Waals surface area contributed by atoms with Gasteiger partial charge in [-0.2, -0.15) is 5.10 Å². The molecule has 2 aromatic heterocycles. The van der Waals surface area contributed by atoms with Crippen LogP contribution < -0.4 is 15.4 Å². The molecule has 7 heteroatoms. The smallest absolute Gasteiger partial charge is 0.213 e. The highest BCUT2D eigenvalue weighted by molar-refractivity contribution is 5.79. The molecular weight excluding hydrogens is 328 g/mol. The molecule has 0 saturated heterocycles. The van der Waals surface area contributed by atoms with Crippen LogP contribution in [0.4, 0.5) is 0 Å². The zero-order chi connectivity index (χ0) is 19.1. The SMILES string of the molecule is CCOc1cc(CNC(=NC)NC(C)Cc2c(C)nn(C)c2C)ccn1. The van der Waals surface area contributed by atoms with Gasteiger partial charge in [0.25, 0.3) is 0 Å². The maximum Gasteiger partial charge on any atom is 0.213 e. The van der Waals surface area contributed by atoms with Gasteiger partial charge in [-0.15, -0.1) is 0 Å². The topological polar surface area (TPSA) is 76.4 Å². The zero-order valence-corrected chi connectivity index (χ0v) is 16.6. The van der Waals surface area contributed by atoms with Crippen molar-refractivity contribution in [2.75, 3.05) is 13.7 Å². The molecule has 0 aromatic carbocycles. The summed E-state index contributed by atoms with van der Waals surface area (Å²) in [5.41, 5.74) is 4.68. The van der Waals surface area contributed by atoms with Crippen LogP contribution in [0.3, 0.4) is 0 Å². The van der Waals surface area contributed by atoms with Crippen molar-refractivity contribution in [2.45, 2.75) is 46.7 Å². The van der Waals surface area contributed by atoms with E-state index in [1.54, 1.807) is 13.2 Å². The van der Waals surface area contributed by atoms with E-state index in [1.165, 1.54) is 11.3 Å². The number of hydrogen-bond donors (Lipinski definition) is 2. The van der Waals surface area contributed by atoms with E-state index < -0.39 is 0 Å². The van der Waals surface area contributed by atoms with E-state index in [4.69, 9.17) is 4.74 Å². The Morgan fingerprint density at radius 1 is 1.38 bits per heavy atom. The minimum Gasteiger partial charge on any atom is -0.478 e. The van der Waals surface area contributed by atoms with E-state index in [2.05, 4.69) is 46.5 Å². The van der Waals surface area contributed by atoms with E-state index >= 15 is 0 Å². The van der Waals surface area contributed by atoms with Crippen LogP contribution >= 0.6 is 0 Å². The van der Waals surface area contributed by atoms with Crippen LogP contribution in [0.15, 0.2) is 23.3 Å². The molecule has 0 radical (unpaired) electrons. The van der Waals surface area contributed by atoms with Gasteiger partial charge >= 0.3 is 0 Å². The summed E-state index contributed by atoms with van der Waals surface area (Å²) in [6.07, 6.45) is 2.66. The summed E-state index contributed by atoms with van der Waals surface area (Å²) in [5, 5.41) is 11.3. The van der Waals surface area contributed by atoms with E-state index in [0.717, 1.165) is 23.6 Å². The number of hydrogen-bond acceptors (Lipinski definition) is 4. The molecule has 0 amide bonds. The quantitative estimate of drug-likeness (QED) is 0.586. The van der Waals surface area contributed by atoms with Crippen molar-refractivity contribution in [1.29, 1.82) is 0 Å². The number of nitrogens with one attached hydrogen (secondary N) is 2. The van der Waals surface area contributed by atoms with Gasteiger partial charge in [0.2, 0.25) is 5.88 Å². The molecule has 26 heavy (non-hydrogen) atoms. The lowest BCUT2D eigenvalue weighted by Gasteiger charge is -2.18. The highest BCUT2D eigenvalue weighted by atomic mass is 16.5. The van der Waals surface area contributed by atoms with Gasteiger partial charge in [0, 0.05) is 44.6 Å². The standard InChI is InChI=1S/C19H30N6O/c1-7-26-18-11-16(8-9-21-18)12-22-19(20-5)23-13(2)10-17-14(3)24-25(6)15(17)4/h8-9,11,13H,7,10,12H2,1-6H3,(H2,20,22,23). The highest BCUT2D eigenvalue weighted by Gasteiger charge is 2.14. The number of ether oxygens (including phenoxy) is 1. The van der Waals surface area contributed by atoms with E-state index in [0.29, 0.717) is 19.0 Å². The number of pyridine rings is 1. The Morgan fingerprint density at radius 3 is 2.77 bits per heavy atom. The molecule has 2 aromatic rings. The predicted octanol–water partition coefficient (Wildman–Crippen LogP) is 2.13. The molecule has 1 atom stereocenters. The summed E-state index contributed by atoms with van der Waals surface area (Å²) >= 11 is 0. The molecule has 0 bridgehead atoms. The Hall–Kier alpha value is -2.57. The maximum atomic E-state index is 5.44. The third-order valence-corrected chi connectivity index (χ3v) is 4.33. The second kappa shape index (κ2) is 9.22. The molecule has 2 heterocycles.